The van der Waals surface area contributed by atoms with Gasteiger partial charge in [-0.15, -0.1) is 11.3 Å². The van der Waals surface area contributed by atoms with Crippen molar-refractivity contribution in [2.24, 2.45) is 5.41 Å². The van der Waals surface area contributed by atoms with Crippen LogP contribution in [0.1, 0.15) is 34.5 Å². The van der Waals surface area contributed by atoms with Crippen LogP contribution in [-0.2, 0) is 0 Å². The largest absolute Gasteiger partial charge is 0.351 e. The summed E-state index contributed by atoms with van der Waals surface area (Å²) in [6, 6.07) is 1.99. The van der Waals surface area contributed by atoms with Crippen molar-refractivity contribution in [3.05, 3.63) is 21.9 Å². The van der Waals surface area contributed by atoms with Crippen LogP contribution in [0.3, 0.4) is 0 Å². The predicted octanol–water partition coefficient (Wildman–Crippen LogP) is 2.18. The number of nitrogens with one attached hydrogen (secondary N) is 2. The molecule has 94 valence electrons. The average molecular weight is 252 g/mol. The van der Waals surface area contributed by atoms with Gasteiger partial charge in [-0.25, -0.2) is 0 Å². The second kappa shape index (κ2) is 5.19. The van der Waals surface area contributed by atoms with E-state index in [2.05, 4.69) is 10.6 Å². The van der Waals surface area contributed by atoms with Gasteiger partial charge >= 0.3 is 0 Å². The molecular formula is C13H20N2OS. The first kappa shape index (κ1) is 12.6. The van der Waals surface area contributed by atoms with Crippen molar-refractivity contribution in [2.75, 3.05) is 20.1 Å². The maximum Gasteiger partial charge on any atom is 0.261 e. The van der Waals surface area contributed by atoms with E-state index in [-0.39, 0.29) is 5.91 Å². The van der Waals surface area contributed by atoms with Gasteiger partial charge in [0, 0.05) is 18.5 Å². The molecule has 1 saturated carbocycles. The number of hydrogen-bond acceptors (Lipinski definition) is 3. The molecular weight excluding hydrogens is 232 g/mol. The van der Waals surface area contributed by atoms with Crippen molar-refractivity contribution in [2.45, 2.75) is 26.2 Å². The number of amides is 1. The van der Waals surface area contributed by atoms with Crippen LogP contribution in [0.2, 0.25) is 0 Å². The zero-order valence-corrected chi connectivity index (χ0v) is 11.3. The van der Waals surface area contributed by atoms with Gasteiger partial charge in [0.05, 0.1) is 4.88 Å². The summed E-state index contributed by atoms with van der Waals surface area (Å²) in [5.74, 6) is 0.0832. The van der Waals surface area contributed by atoms with E-state index < -0.39 is 0 Å². The van der Waals surface area contributed by atoms with E-state index in [1.54, 1.807) is 0 Å². The van der Waals surface area contributed by atoms with Crippen molar-refractivity contribution in [3.63, 3.8) is 0 Å². The van der Waals surface area contributed by atoms with E-state index in [9.17, 15) is 4.79 Å². The third-order valence-corrected chi connectivity index (χ3v) is 4.67. The third kappa shape index (κ3) is 2.69. The molecule has 1 aromatic heterocycles. The van der Waals surface area contributed by atoms with E-state index in [1.165, 1.54) is 30.6 Å². The first-order valence-electron chi connectivity index (χ1n) is 6.14. The Balaban J connectivity index is 1.90. The lowest BCUT2D eigenvalue weighted by molar-refractivity contribution is 0.0865. The highest BCUT2D eigenvalue weighted by Crippen LogP contribution is 2.39. The molecule has 1 aliphatic rings. The zero-order chi connectivity index (χ0) is 12.3. The lowest BCUT2D eigenvalue weighted by atomic mass is 9.68. The fraction of sp³-hybridized carbons (Fsp3) is 0.615. The molecule has 1 fully saturated rings. The number of carbonyl (C=O) groups is 1. The second-order valence-electron chi connectivity index (χ2n) is 5.00. The van der Waals surface area contributed by atoms with Crippen LogP contribution >= 0.6 is 11.3 Å². The van der Waals surface area contributed by atoms with Crippen LogP contribution in [0, 0.1) is 12.3 Å². The number of aryl methyl sites for hydroxylation is 1. The molecule has 2 N–H and O–H groups in total. The monoisotopic (exact) mass is 252 g/mol. The summed E-state index contributed by atoms with van der Waals surface area (Å²) < 4.78 is 0. The fourth-order valence-electron chi connectivity index (χ4n) is 2.42. The Hall–Kier alpha value is -0.870. The van der Waals surface area contributed by atoms with Gasteiger partial charge in [0.1, 0.15) is 0 Å². The van der Waals surface area contributed by atoms with Crippen LogP contribution < -0.4 is 10.6 Å². The smallest absolute Gasteiger partial charge is 0.261 e. The van der Waals surface area contributed by atoms with Crippen molar-refractivity contribution in [3.8, 4) is 0 Å². The number of carbonyl (C=O) groups excluding carboxylic acids is 1. The van der Waals surface area contributed by atoms with Gasteiger partial charge in [0.25, 0.3) is 5.91 Å². The van der Waals surface area contributed by atoms with E-state index in [1.807, 2.05) is 25.4 Å². The van der Waals surface area contributed by atoms with Crippen molar-refractivity contribution < 1.29 is 4.79 Å². The zero-order valence-electron chi connectivity index (χ0n) is 10.5. The molecule has 0 bridgehead atoms. The minimum atomic E-state index is 0.0832. The normalized spacial score (nSPS) is 17.5. The third-order valence-electron chi connectivity index (χ3n) is 3.66. The Labute approximate surface area is 107 Å². The molecule has 2 rings (SSSR count). The van der Waals surface area contributed by atoms with E-state index in [4.69, 9.17) is 0 Å². The van der Waals surface area contributed by atoms with Crippen molar-refractivity contribution in [1.82, 2.24) is 10.6 Å². The Bertz CT molecular complexity index is 396. The summed E-state index contributed by atoms with van der Waals surface area (Å²) in [6.07, 6.45) is 3.73. The predicted molar refractivity (Wildman–Crippen MR) is 71.6 cm³/mol. The number of thiophene rings is 1. The van der Waals surface area contributed by atoms with E-state index in [0.29, 0.717) is 5.41 Å². The number of rotatable bonds is 5. The van der Waals surface area contributed by atoms with Crippen LogP contribution in [0.5, 0.6) is 0 Å². The first-order chi connectivity index (χ1) is 8.17. The van der Waals surface area contributed by atoms with Crippen molar-refractivity contribution >= 4 is 17.2 Å². The maximum absolute atomic E-state index is 12.0. The van der Waals surface area contributed by atoms with Gasteiger partial charge < -0.3 is 10.6 Å². The molecule has 0 spiro atoms. The molecule has 0 aromatic carbocycles. The summed E-state index contributed by atoms with van der Waals surface area (Å²) in [4.78, 5) is 12.8. The quantitative estimate of drug-likeness (QED) is 0.843. The van der Waals surface area contributed by atoms with Gasteiger partial charge in [0.15, 0.2) is 0 Å². The number of hydrogen-bond donors (Lipinski definition) is 2. The SMILES string of the molecule is CNCC1(CNC(=O)c2sccc2C)CCC1. The summed E-state index contributed by atoms with van der Waals surface area (Å²) in [5, 5.41) is 8.29. The summed E-state index contributed by atoms with van der Waals surface area (Å²) in [6.45, 7) is 3.78. The average Bonchev–Trinajstić information content (AvgIpc) is 2.68. The van der Waals surface area contributed by atoms with Crippen LogP contribution in [0.15, 0.2) is 11.4 Å². The molecule has 4 heteroatoms. The van der Waals surface area contributed by atoms with Gasteiger partial charge in [0.2, 0.25) is 0 Å². The van der Waals surface area contributed by atoms with Gasteiger partial charge in [-0.1, -0.05) is 6.42 Å². The Morgan fingerprint density at radius 2 is 2.24 bits per heavy atom. The van der Waals surface area contributed by atoms with Crippen LogP contribution in [0.25, 0.3) is 0 Å². The molecule has 1 heterocycles. The minimum absolute atomic E-state index is 0.0832. The maximum atomic E-state index is 12.0. The van der Waals surface area contributed by atoms with Crippen LogP contribution in [-0.4, -0.2) is 26.0 Å². The van der Waals surface area contributed by atoms with Gasteiger partial charge in [-0.3, -0.25) is 4.79 Å². The molecule has 1 aliphatic carbocycles. The highest BCUT2D eigenvalue weighted by molar-refractivity contribution is 7.12. The topological polar surface area (TPSA) is 41.1 Å². The van der Waals surface area contributed by atoms with Crippen LogP contribution in [0.4, 0.5) is 0 Å². The molecule has 0 saturated heterocycles. The first-order valence-corrected chi connectivity index (χ1v) is 7.02. The highest BCUT2D eigenvalue weighted by atomic mass is 32.1. The van der Waals surface area contributed by atoms with Gasteiger partial charge in [-0.05, 0) is 43.8 Å². The molecule has 0 aliphatic heterocycles. The summed E-state index contributed by atoms with van der Waals surface area (Å²) in [7, 11) is 1.98. The molecule has 1 amide bonds. The van der Waals surface area contributed by atoms with E-state index in [0.717, 1.165) is 23.5 Å². The summed E-state index contributed by atoms with van der Waals surface area (Å²) in [5.41, 5.74) is 1.37. The summed E-state index contributed by atoms with van der Waals surface area (Å²) >= 11 is 1.52. The highest BCUT2D eigenvalue weighted by Gasteiger charge is 2.36. The lowest BCUT2D eigenvalue weighted by Crippen LogP contribution is -2.47. The fourth-order valence-corrected chi connectivity index (χ4v) is 3.26. The Kier molecular flexibility index (Phi) is 3.84. The van der Waals surface area contributed by atoms with Crippen molar-refractivity contribution in [1.29, 1.82) is 0 Å². The minimum Gasteiger partial charge on any atom is -0.351 e. The Morgan fingerprint density at radius 1 is 1.47 bits per heavy atom. The standard InChI is InChI=1S/C13H20N2OS/c1-10-4-7-17-11(10)12(16)15-9-13(8-14-2)5-3-6-13/h4,7,14H,3,5-6,8-9H2,1-2H3,(H,15,16). The second-order valence-corrected chi connectivity index (χ2v) is 5.92. The molecule has 0 radical (unpaired) electrons. The lowest BCUT2D eigenvalue weighted by Gasteiger charge is -2.42. The molecule has 3 nitrogen and oxygen atoms in total. The van der Waals surface area contributed by atoms with E-state index >= 15 is 0 Å². The molecule has 0 unspecified atom stereocenters. The molecule has 17 heavy (non-hydrogen) atoms. The van der Waals surface area contributed by atoms with Gasteiger partial charge in [-0.2, -0.15) is 0 Å². The molecule has 1 aromatic rings. The molecule has 0 atom stereocenters. The Morgan fingerprint density at radius 3 is 2.71 bits per heavy atom.